The van der Waals surface area contributed by atoms with Gasteiger partial charge < -0.3 is 19.5 Å². The number of carbonyl (C=O) groups is 2. The Morgan fingerprint density at radius 3 is 2.54 bits per heavy atom. The molecule has 6 nitrogen and oxygen atoms in total. The standard InChI is InChI=1S/C18H23NO5/c1-2-23-16(21)18(8-9-18)14-10-19(11-15(14)20)17(22)24-12-13-6-4-3-5-7-13/h3-7,14-15,20H,2,8-12H2,1H3. The van der Waals surface area contributed by atoms with Crippen LogP contribution in [0.15, 0.2) is 30.3 Å². The van der Waals surface area contributed by atoms with Gasteiger partial charge in [-0.15, -0.1) is 0 Å². The molecule has 2 atom stereocenters. The van der Waals surface area contributed by atoms with Crippen LogP contribution in [0, 0.1) is 11.3 Å². The lowest BCUT2D eigenvalue weighted by atomic mass is 9.86. The van der Waals surface area contributed by atoms with Crippen molar-refractivity contribution in [2.24, 2.45) is 11.3 Å². The number of aliphatic hydroxyl groups is 1. The van der Waals surface area contributed by atoms with Gasteiger partial charge in [-0.3, -0.25) is 4.79 Å². The quantitative estimate of drug-likeness (QED) is 0.834. The van der Waals surface area contributed by atoms with Gasteiger partial charge in [0.05, 0.1) is 24.7 Å². The Hall–Kier alpha value is -2.08. The maximum Gasteiger partial charge on any atom is 0.410 e. The highest BCUT2D eigenvalue weighted by Crippen LogP contribution is 2.55. The molecule has 3 rings (SSSR count). The van der Waals surface area contributed by atoms with Crippen molar-refractivity contribution in [2.45, 2.75) is 32.5 Å². The van der Waals surface area contributed by atoms with Gasteiger partial charge in [-0.2, -0.15) is 0 Å². The Morgan fingerprint density at radius 1 is 1.21 bits per heavy atom. The lowest BCUT2D eigenvalue weighted by Crippen LogP contribution is -2.35. The zero-order valence-electron chi connectivity index (χ0n) is 13.8. The largest absolute Gasteiger partial charge is 0.466 e. The van der Waals surface area contributed by atoms with E-state index in [1.807, 2.05) is 30.3 Å². The third kappa shape index (κ3) is 3.24. The van der Waals surface area contributed by atoms with Crippen LogP contribution in [-0.2, 0) is 20.9 Å². The van der Waals surface area contributed by atoms with Gasteiger partial charge in [0.2, 0.25) is 0 Å². The Balaban J connectivity index is 1.57. The van der Waals surface area contributed by atoms with Crippen molar-refractivity contribution < 1.29 is 24.2 Å². The number of hydrogen-bond acceptors (Lipinski definition) is 5. The average molecular weight is 333 g/mol. The van der Waals surface area contributed by atoms with E-state index in [-0.39, 0.29) is 25.0 Å². The maximum atomic E-state index is 12.2. The van der Waals surface area contributed by atoms with E-state index in [4.69, 9.17) is 9.47 Å². The van der Waals surface area contributed by atoms with Crippen LogP contribution in [0.4, 0.5) is 4.79 Å². The summed E-state index contributed by atoms with van der Waals surface area (Å²) in [6, 6.07) is 9.44. The van der Waals surface area contributed by atoms with E-state index < -0.39 is 17.6 Å². The third-order valence-corrected chi connectivity index (χ3v) is 4.93. The lowest BCUT2D eigenvalue weighted by molar-refractivity contribution is -0.153. The molecule has 1 aliphatic heterocycles. The minimum atomic E-state index is -0.721. The van der Waals surface area contributed by atoms with Crippen LogP contribution >= 0.6 is 0 Å². The Bertz CT molecular complexity index is 599. The maximum absolute atomic E-state index is 12.2. The molecule has 1 saturated heterocycles. The number of hydrogen-bond donors (Lipinski definition) is 1. The van der Waals surface area contributed by atoms with E-state index >= 15 is 0 Å². The highest BCUT2D eigenvalue weighted by atomic mass is 16.6. The minimum absolute atomic E-state index is 0.194. The molecule has 6 heteroatoms. The van der Waals surface area contributed by atoms with Crippen LogP contribution in [0.3, 0.4) is 0 Å². The molecule has 0 bridgehead atoms. The Morgan fingerprint density at radius 2 is 1.92 bits per heavy atom. The molecule has 1 aromatic carbocycles. The molecule has 0 aromatic heterocycles. The molecule has 24 heavy (non-hydrogen) atoms. The summed E-state index contributed by atoms with van der Waals surface area (Å²) < 4.78 is 10.5. The predicted octanol–water partition coefficient (Wildman–Crippen LogP) is 1.96. The van der Waals surface area contributed by atoms with Gasteiger partial charge in [0.1, 0.15) is 6.61 Å². The molecule has 1 aromatic rings. The van der Waals surface area contributed by atoms with Crippen molar-refractivity contribution in [1.82, 2.24) is 4.90 Å². The second-order valence-corrected chi connectivity index (χ2v) is 6.50. The fourth-order valence-corrected chi connectivity index (χ4v) is 3.43. The Labute approximate surface area is 141 Å². The van der Waals surface area contributed by atoms with Crippen LogP contribution in [0.1, 0.15) is 25.3 Å². The minimum Gasteiger partial charge on any atom is -0.466 e. The number of esters is 1. The molecule has 130 valence electrons. The molecule has 1 aliphatic carbocycles. The van der Waals surface area contributed by atoms with Crippen molar-refractivity contribution in [3.63, 3.8) is 0 Å². The molecule has 2 fully saturated rings. The average Bonchev–Trinajstić information content (AvgIpc) is 3.30. The topological polar surface area (TPSA) is 76.1 Å². The van der Waals surface area contributed by atoms with Crippen molar-refractivity contribution in [3.05, 3.63) is 35.9 Å². The molecule has 1 saturated carbocycles. The van der Waals surface area contributed by atoms with Gasteiger partial charge in [0, 0.05) is 12.5 Å². The van der Waals surface area contributed by atoms with Gasteiger partial charge in [-0.05, 0) is 25.3 Å². The molecule has 0 spiro atoms. The first-order valence-corrected chi connectivity index (χ1v) is 8.38. The number of nitrogens with zero attached hydrogens (tertiary/aromatic N) is 1. The van der Waals surface area contributed by atoms with E-state index in [1.165, 1.54) is 4.90 Å². The van der Waals surface area contributed by atoms with Gasteiger partial charge >= 0.3 is 12.1 Å². The molecule has 2 aliphatic rings. The number of β-amino-alcohol motifs (C(OH)–C–C–N with tert-alkyl or cyclic N) is 1. The first kappa shape index (κ1) is 16.8. The highest BCUT2D eigenvalue weighted by molar-refractivity contribution is 5.81. The highest BCUT2D eigenvalue weighted by Gasteiger charge is 2.61. The Kier molecular flexibility index (Phi) is 4.76. The zero-order chi connectivity index (χ0) is 17.2. The monoisotopic (exact) mass is 333 g/mol. The van der Waals surface area contributed by atoms with E-state index in [2.05, 4.69) is 0 Å². The van der Waals surface area contributed by atoms with Crippen LogP contribution in [0.5, 0.6) is 0 Å². The number of ether oxygens (including phenoxy) is 2. The molecular weight excluding hydrogens is 310 g/mol. The first-order chi connectivity index (χ1) is 11.6. The van der Waals surface area contributed by atoms with Crippen LogP contribution in [-0.4, -0.2) is 47.9 Å². The second kappa shape index (κ2) is 6.81. The summed E-state index contributed by atoms with van der Waals surface area (Å²) in [5.74, 6) is -0.533. The summed E-state index contributed by atoms with van der Waals surface area (Å²) in [4.78, 5) is 25.9. The normalized spacial score (nSPS) is 24.5. The fraction of sp³-hybridized carbons (Fsp3) is 0.556. The molecular formula is C18H23NO5. The summed E-state index contributed by atoms with van der Waals surface area (Å²) in [6.45, 7) is 2.81. The van der Waals surface area contributed by atoms with Gasteiger partial charge in [0.15, 0.2) is 0 Å². The van der Waals surface area contributed by atoms with E-state index in [0.717, 1.165) is 5.56 Å². The van der Waals surface area contributed by atoms with Crippen LogP contribution in [0.2, 0.25) is 0 Å². The summed E-state index contributed by atoms with van der Waals surface area (Å²) in [6.07, 6.45) is 0.238. The van der Waals surface area contributed by atoms with E-state index in [1.54, 1.807) is 6.92 Å². The van der Waals surface area contributed by atoms with Crippen molar-refractivity contribution in [2.75, 3.05) is 19.7 Å². The van der Waals surface area contributed by atoms with Crippen molar-refractivity contribution in [1.29, 1.82) is 0 Å². The number of carbonyl (C=O) groups excluding carboxylic acids is 2. The second-order valence-electron chi connectivity index (χ2n) is 6.50. The summed E-state index contributed by atoms with van der Waals surface area (Å²) in [5, 5.41) is 10.3. The van der Waals surface area contributed by atoms with Gasteiger partial charge in [0.25, 0.3) is 0 Å². The van der Waals surface area contributed by atoms with Crippen LogP contribution in [0.25, 0.3) is 0 Å². The molecule has 0 radical (unpaired) electrons. The number of likely N-dealkylation sites (tertiary alicyclic amines) is 1. The lowest BCUT2D eigenvalue weighted by Gasteiger charge is -2.23. The zero-order valence-corrected chi connectivity index (χ0v) is 13.8. The van der Waals surface area contributed by atoms with E-state index in [9.17, 15) is 14.7 Å². The number of rotatable bonds is 5. The van der Waals surface area contributed by atoms with E-state index in [0.29, 0.717) is 26.0 Å². The van der Waals surface area contributed by atoms with Gasteiger partial charge in [-0.25, -0.2) is 4.79 Å². The molecule has 1 heterocycles. The van der Waals surface area contributed by atoms with Crippen molar-refractivity contribution >= 4 is 12.1 Å². The third-order valence-electron chi connectivity index (χ3n) is 4.93. The molecule has 1 N–H and O–H groups in total. The summed E-state index contributed by atoms with van der Waals surface area (Å²) in [7, 11) is 0. The van der Waals surface area contributed by atoms with Crippen molar-refractivity contribution in [3.8, 4) is 0 Å². The van der Waals surface area contributed by atoms with Gasteiger partial charge in [-0.1, -0.05) is 30.3 Å². The SMILES string of the molecule is CCOC(=O)C1(C2CN(C(=O)OCc3ccccc3)CC2O)CC1. The first-order valence-electron chi connectivity index (χ1n) is 8.38. The predicted molar refractivity (Wildman–Crippen MR) is 86.0 cm³/mol. The van der Waals surface area contributed by atoms with Crippen LogP contribution < -0.4 is 0 Å². The fourth-order valence-electron chi connectivity index (χ4n) is 3.43. The smallest absolute Gasteiger partial charge is 0.410 e. The molecule has 1 amide bonds. The summed E-state index contributed by atoms with van der Waals surface area (Å²) in [5.41, 5.74) is 0.288. The number of benzene rings is 1. The number of amides is 1. The number of aliphatic hydroxyl groups excluding tert-OH is 1. The summed E-state index contributed by atoms with van der Waals surface area (Å²) >= 11 is 0. The molecule has 2 unspecified atom stereocenters.